The number of carboxylic acids is 1. The number of carbonyl (C=O) groups is 2. The average molecular weight is 501 g/mol. The lowest BCUT2D eigenvalue weighted by Gasteiger charge is -2.22. The van der Waals surface area contributed by atoms with Crippen LogP contribution in [0.3, 0.4) is 0 Å². The van der Waals surface area contributed by atoms with Gasteiger partial charge in [0, 0.05) is 36.3 Å². The highest BCUT2D eigenvalue weighted by molar-refractivity contribution is 7.17. The maximum absolute atomic E-state index is 13.0. The molecule has 3 aromatic carbocycles. The second kappa shape index (κ2) is 10.5. The highest BCUT2D eigenvalue weighted by Gasteiger charge is 2.37. The number of aromatic carboxylic acids is 1. The van der Waals surface area contributed by atoms with Crippen LogP contribution in [0, 0.1) is 5.92 Å². The minimum atomic E-state index is -1.02. The predicted molar refractivity (Wildman–Crippen MR) is 142 cm³/mol. The van der Waals surface area contributed by atoms with E-state index in [2.05, 4.69) is 54.0 Å². The van der Waals surface area contributed by atoms with Gasteiger partial charge in [0.15, 0.2) is 0 Å². The van der Waals surface area contributed by atoms with Crippen molar-refractivity contribution in [2.75, 3.05) is 19.6 Å². The molecule has 1 aliphatic rings. The number of rotatable bonds is 7. The van der Waals surface area contributed by atoms with Gasteiger partial charge in [-0.25, -0.2) is 9.59 Å². The van der Waals surface area contributed by atoms with Crippen molar-refractivity contribution >= 4 is 33.5 Å². The number of carbonyl (C=O) groups excluding carboxylic acids is 1. The molecular weight excluding hydrogens is 472 g/mol. The number of ether oxygens (including phenoxy) is 1. The highest BCUT2D eigenvalue weighted by atomic mass is 32.1. The van der Waals surface area contributed by atoms with Crippen LogP contribution in [0.15, 0.2) is 84.2 Å². The lowest BCUT2D eigenvalue weighted by molar-refractivity contribution is 0.0697. The molecule has 3 atom stereocenters. The van der Waals surface area contributed by atoms with E-state index in [1.165, 1.54) is 45.5 Å². The van der Waals surface area contributed by atoms with E-state index in [0.29, 0.717) is 18.8 Å². The summed E-state index contributed by atoms with van der Waals surface area (Å²) in [6.07, 6.45) is -0.418. The zero-order chi connectivity index (χ0) is 25.1. The van der Waals surface area contributed by atoms with Crippen molar-refractivity contribution in [3.05, 3.63) is 101 Å². The van der Waals surface area contributed by atoms with Crippen molar-refractivity contribution in [2.45, 2.75) is 18.9 Å². The first-order valence-electron chi connectivity index (χ1n) is 12.0. The second-order valence-corrected chi connectivity index (χ2v) is 10.1. The molecule has 2 N–H and O–H groups in total. The van der Waals surface area contributed by atoms with Gasteiger partial charge in [0.25, 0.3) is 0 Å². The van der Waals surface area contributed by atoms with Crippen molar-refractivity contribution in [1.82, 2.24) is 10.2 Å². The fraction of sp³-hybridized carbons (Fsp3) is 0.241. The fourth-order valence-corrected chi connectivity index (χ4v) is 5.96. The summed E-state index contributed by atoms with van der Waals surface area (Å²) in [6, 6.07) is 24.8. The molecule has 184 valence electrons. The van der Waals surface area contributed by atoms with Gasteiger partial charge in [0.2, 0.25) is 0 Å². The molecule has 7 heteroatoms. The number of carboxylic acid groups (broad SMARTS) is 1. The smallest absolute Gasteiger partial charge is 0.415 e. The zero-order valence-corrected chi connectivity index (χ0v) is 20.8. The van der Waals surface area contributed by atoms with Crippen molar-refractivity contribution in [1.29, 1.82) is 0 Å². The molecule has 1 amide bonds. The summed E-state index contributed by atoms with van der Waals surface area (Å²) in [5.41, 5.74) is 2.66. The molecule has 5 rings (SSSR count). The summed E-state index contributed by atoms with van der Waals surface area (Å²) in [5.74, 6) is -0.271. The quantitative estimate of drug-likeness (QED) is 0.318. The van der Waals surface area contributed by atoms with Gasteiger partial charge in [0.05, 0.1) is 5.56 Å². The molecule has 0 spiro atoms. The Morgan fingerprint density at radius 3 is 2.50 bits per heavy atom. The Labute approximate surface area is 214 Å². The average Bonchev–Trinajstić information content (AvgIpc) is 3.53. The van der Waals surface area contributed by atoms with Gasteiger partial charge in [-0.3, -0.25) is 0 Å². The maximum Gasteiger partial charge on any atom is 0.415 e. The molecule has 0 unspecified atom stereocenters. The van der Waals surface area contributed by atoms with E-state index < -0.39 is 12.1 Å². The monoisotopic (exact) mass is 500 g/mol. The molecule has 1 aliphatic heterocycles. The third kappa shape index (κ3) is 5.12. The van der Waals surface area contributed by atoms with E-state index in [0.717, 1.165) is 6.54 Å². The predicted octanol–water partition coefficient (Wildman–Crippen LogP) is 6.16. The fourth-order valence-electron chi connectivity index (χ4n) is 4.91. The number of amides is 1. The Bertz CT molecular complexity index is 1350. The first-order chi connectivity index (χ1) is 17.5. The number of nitrogens with zero attached hydrogens (tertiary/aromatic N) is 1. The van der Waals surface area contributed by atoms with Gasteiger partial charge >= 0.3 is 12.1 Å². The standard InChI is InChI=1S/C29H28N2O4S/c1-19(26-18-36-27-10-6-5-9-24(26)27)30-15-22-16-31(17-25(22)20-7-3-2-4-8-20)29(34)35-23-13-11-21(12-14-23)28(32)33/h2-14,18-19,22,25,30H,15-17H2,1H3,(H,32,33)/t19-,22-,25-/m1/s1. The minimum Gasteiger partial charge on any atom is -0.478 e. The summed E-state index contributed by atoms with van der Waals surface area (Å²) >= 11 is 1.76. The van der Waals surface area contributed by atoms with Gasteiger partial charge < -0.3 is 20.1 Å². The van der Waals surface area contributed by atoms with Gasteiger partial charge in [-0.05, 0) is 65.1 Å². The summed E-state index contributed by atoms with van der Waals surface area (Å²) < 4.78 is 6.86. The van der Waals surface area contributed by atoms with Gasteiger partial charge in [-0.15, -0.1) is 11.3 Å². The van der Waals surface area contributed by atoms with E-state index in [4.69, 9.17) is 9.84 Å². The molecule has 6 nitrogen and oxygen atoms in total. The Balaban J connectivity index is 1.28. The number of nitrogens with one attached hydrogen (secondary N) is 1. The van der Waals surface area contributed by atoms with Gasteiger partial charge in [0.1, 0.15) is 5.75 Å². The lowest BCUT2D eigenvalue weighted by atomic mass is 9.88. The summed E-state index contributed by atoms with van der Waals surface area (Å²) in [5, 5.41) is 16.3. The lowest BCUT2D eigenvalue weighted by Crippen LogP contribution is -2.33. The highest BCUT2D eigenvalue weighted by Crippen LogP contribution is 2.34. The Kier molecular flexibility index (Phi) is 7.02. The number of thiophene rings is 1. The topological polar surface area (TPSA) is 78.9 Å². The summed E-state index contributed by atoms with van der Waals surface area (Å²) in [7, 11) is 0. The zero-order valence-electron chi connectivity index (χ0n) is 20.0. The van der Waals surface area contributed by atoms with Gasteiger partial charge in [-0.2, -0.15) is 0 Å². The molecule has 4 aromatic rings. The summed E-state index contributed by atoms with van der Waals surface area (Å²) in [6.45, 7) is 4.10. The molecule has 36 heavy (non-hydrogen) atoms. The molecule has 0 bridgehead atoms. The molecule has 0 saturated carbocycles. The number of likely N-dealkylation sites (tertiary alicyclic amines) is 1. The van der Waals surface area contributed by atoms with Crippen molar-refractivity contribution in [2.24, 2.45) is 5.92 Å². The third-order valence-corrected chi connectivity index (χ3v) is 7.88. The van der Waals surface area contributed by atoms with Gasteiger partial charge in [-0.1, -0.05) is 48.5 Å². The van der Waals surface area contributed by atoms with E-state index in [1.54, 1.807) is 16.2 Å². The first-order valence-corrected chi connectivity index (χ1v) is 12.9. The number of hydrogen-bond donors (Lipinski definition) is 2. The summed E-state index contributed by atoms with van der Waals surface area (Å²) in [4.78, 5) is 25.8. The first kappa shape index (κ1) is 24.0. The van der Waals surface area contributed by atoms with E-state index in [1.807, 2.05) is 18.2 Å². The van der Waals surface area contributed by atoms with Crippen LogP contribution in [-0.4, -0.2) is 41.7 Å². The number of benzene rings is 3. The molecule has 1 saturated heterocycles. The molecule has 2 heterocycles. The van der Waals surface area contributed by atoms with Crippen LogP contribution in [0.5, 0.6) is 5.75 Å². The molecule has 1 aromatic heterocycles. The molecular formula is C29H28N2O4S. The second-order valence-electron chi connectivity index (χ2n) is 9.20. The number of fused-ring (bicyclic) bond motifs is 1. The minimum absolute atomic E-state index is 0.152. The Morgan fingerprint density at radius 1 is 1.03 bits per heavy atom. The van der Waals surface area contributed by atoms with Crippen molar-refractivity contribution < 1.29 is 19.4 Å². The number of hydrogen-bond acceptors (Lipinski definition) is 5. The van der Waals surface area contributed by atoms with Crippen LogP contribution in [0.2, 0.25) is 0 Å². The van der Waals surface area contributed by atoms with Crippen LogP contribution < -0.4 is 10.1 Å². The normalized spacial score (nSPS) is 18.3. The largest absolute Gasteiger partial charge is 0.478 e. The Hall–Kier alpha value is -3.68. The maximum atomic E-state index is 13.0. The van der Waals surface area contributed by atoms with Crippen LogP contribution >= 0.6 is 11.3 Å². The van der Waals surface area contributed by atoms with Crippen LogP contribution in [0.1, 0.15) is 40.4 Å². The van der Waals surface area contributed by atoms with Crippen LogP contribution in [0.4, 0.5) is 4.79 Å². The van der Waals surface area contributed by atoms with E-state index >= 15 is 0 Å². The SMILES string of the molecule is C[C@@H](NC[C@@H]1CN(C(=O)Oc2ccc(C(=O)O)cc2)C[C@@H]1c1ccccc1)c1csc2ccccc12. The van der Waals surface area contributed by atoms with E-state index in [9.17, 15) is 9.59 Å². The van der Waals surface area contributed by atoms with Crippen molar-refractivity contribution in [3.63, 3.8) is 0 Å². The van der Waals surface area contributed by atoms with Crippen molar-refractivity contribution in [3.8, 4) is 5.75 Å². The third-order valence-electron chi connectivity index (χ3n) is 6.90. The molecule has 0 aliphatic carbocycles. The van der Waals surface area contributed by atoms with Crippen LogP contribution in [0.25, 0.3) is 10.1 Å². The molecule has 0 radical (unpaired) electrons. The molecule has 1 fully saturated rings. The van der Waals surface area contributed by atoms with E-state index in [-0.39, 0.29) is 23.4 Å². The van der Waals surface area contributed by atoms with Crippen LogP contribution in [-0.2, 0) is 0 Å². The Morgan fingerprint density at radius 2 is 1.75 bits per heavy atom.